The SMILES string of the molecule is Cc1cccc(-n2c(C)nnc2SCc2ccccc2C(=O)N2CCCC2)c1. The molecular formula is C22H24N4OS. The van der Waals surface area contributed by atoms with E-state index in [2.05, 4.69) is 39.9 Å². The number of thioether (sulfide) groups is 1. The molecule has 28 heavy (non-hydrogen) atoms. The highest BCUT2D eigenvalue weighted by atomic mass is 32.2. The number of aryl methyl sites for hydroxylation is 2. The normalized spacial score (nSPS) is 13.9. The predicted molar refractivity (Wildman–Crippen MR) is 112 cm³/mol. The molecule has 5 nitrogen and oxygen atoms in total. The second-order valence-electron chi connectivity index (χ2n) is 7.15. The van der Waals surface area contributed by atoms with Gasteiger partial charge in [-0.1, -0.05) is 42.1 Å². The first-order valence-electron chi connectivity index (χ1n) is 9.62. The number of hydrogen-bond acceptors (Lipinski definition) is 4. The summed E-state index contributed by atoms with van der Waals surface area (Å²) < 4.78 is 2.07. The second-order valence-corrected chi connectivity index (χ2v) is 8.09. The summed E-state index contributed by atoms with van der Waals surface area (Å²) in [5, 5.41) is 9.48. The van der Waals surface area contributed by atoms with Crippen LogP contribution in [0.3, 0.4) is 0 Å². The van der Waals surface area contributed by atoms with Crippen molar-refractivity contribution in [1.82, 2.24) is 19.7 Å². The topological polar surface area (TPSA) is 51.0 Å². The van der Waals surface area contributed by atoms with Crippen LogP contribution in [0.2, 0.25) is 0 Å². The van der Waals surface area contributed by atoms with E-state index in [1.54, 1.807) is 11.8 Å². The summed E-state index contributed by atoms with van der Waals surface area (Å²) in [6, 6.07) is 16.2. The number of carbonyl (C=O) groups is 1. The first-order chi connectivity index (χ1) is 13.6. The van der Waals surface area contributed by atoms with E-state index in [1.807, 2.05) is 42.2 Å². The van der Waals surface area contributed by atoms with Crippen LogP contribution in [0.1, 0.15) is 40.2 Å². The molecule has 0 unspecified atom stereocenters. The molecular weight excluding hydrogens is 368 g/mol. The summed E-state index contributed by atoms with van der Waals surface area (Å²) in [5.74, 6) is 1.68. The Bertz CT molecular complexity index is 992. The smallest absolute Gasteiger partial charge is 0.254 e. The van der Waals surface area contributed by atoms with Gasteiger partial charge in [-0.05, 0) is 56.0 Å². The summed E-state index contributed by atoms with van der Waals surface area (Å²) >= 11 is 1.61. The highest BCUT2D eigenvalue weighted by Crippen LogP contribution is 2.27. The zero-order valence-electron chi connectivity index (χ0n) is 16.3. The van der Waals surface area contributed by atoms with Gasteiger partial charge in [-0.25, -0.2) is 0 Å². The van der Waals surface area contributed by atoms with Crippen LogP contribution in [0.5, 0.6) is 0 Å². The van der Waals surface area contributed by atoms with Crippen LogP contribution in [0, 0.1) is 13.8 Å². The Balaban J connectivity index is 1.57. The highest BCUT2D eigenvalue weighted by molar-refractivity contribution is 7.98. The third kappa shape index (κ3) is 3.83. The molecule has 0 atom stereocenters. The average Bonchev–Trinajstić information content (AvgIpc) is 3.36. The van der Waals surface area contributed by atoms with E-state index in [-0.39, 0.29) is 5.91 Å². The van der Waals surface area contributed by atoms with E-state index >= 15 is 0 Å². The molecule has 2 heterocycles. The van der Waals surface area contributed by atoms with Crippen molar-refractivity contribution < 1.29 is 4.79 Å². The lowest BCUT2D eigenvalue weighted by atomic mass is 10.1. The minimum Gasteiger partial charge on any atom is -0.339 e. The maximum atomic E-state index is 12.9. The lowest BCUT2D eigenvalue weighted by molar-refractivity contribution is 0.0792. The highest BCUT2D eigenvalue weighted by Gasteiger charge is 2.22. The van der Waals surface area contributed by atoms with Crippen LogP contribution in [-0.4, -0.2) is 38.7 Å². The molecule has 4 rings (SSSR count). The Morgan fingerprint density at radius 1 is 1.04 bits per heavy atom. The lowest BCUT2D eigenvalue weighted by Crippen LogP contribution is -2.28. The van der Waals surface area contributed by atoms with E-state index in [0.29, 0.717) is 5.75 Å². The van der Waals surface area contributed by atoms with E-state index < -0.39 is 0 Å². The molecule has 0 spiro atoms. The van der Waals surface area contributed by atoms with Crippen LogP contribution >= 0.6 is 11.8 Å². The van der Waals surface area contributed by atoms with Gasteiger partial charge in [-0.3, -0.25) is 9.36 Å². The predicted octanol–water partition coefficient (Wildman–Crippen LogP) is 4.41. The standard InChI is InChI=1S/C22H24N4OS/c1-16-8-7-10-19(14-16)26-17(2)23-24-22(26)28-15-18-9-3-4-11-20(18)21(27)25-12-5-6-13-25/h3-4,7-11,14H,5-6,12-13,15H2,1-2H3. The third-order valence-electron chi connectivity index (χ3n) is 5.05. The zero-order valence-corrected chi connectivity index (χ0v) is 17.1. The van der Waals surface area contributed by atoms with Gasteiger partial charge >= 0.3 is 0 Å². The molecule has 0 aliphatic carbocycles. The van der Waals surface area contributed by atoms with E-state index in [9.17, 15) is 4.79 Å². The van der Waals surface area contributed by atoms with Gasteiger partial charge in [-0.15, -0.1) is 10.2 Å². The fraction of sp³-hybridized carbons (Fsp3) is 0.318. The van der Waals surface area contributed by atoms with Gasteiger partial charge < -0.3 is 4.90 Å². The Hall–Kier alpha value is -2.60. The summed E-state index contributed by atoms with van der Waals surface area (Å²) in [5.41, 5.74) is 4.10. The van der Waals surface area contributed by atoms with Crippen LogP contribution in [0.15, 0.2) is 53.7 Å². The Labute approximate surface area is 169 Å². The Morgan fingerprint density at radius 3 is 2.61 bits per heavy atom. The quantitative estimate of drug-likeness (QED) is 0.604. The molecule has 1 aliphatic rings. The molecule has 3 aromatic rings. The molecule has 0 radical (unpaired) electrons. The Morgan fingerprint density at radius 2 is 1.82 bits per heavy atom. The van der Waals surface area contributed by atoms with Crippen molar-refractivity contribution >= 4 is 17.7 Å². The van der Waals surface area contributed by atoms with Crippen molar-refractivity contribution in [2.24, 2.45) is 0 Å². The van der Waals surface area contributed by atoms with Crippen LogP contribution < -0.4 is 0 Å². The number of nitrogens with zero attached hydrogens (tertiary/aromatic N) is 4. The summed E-state index contributed by atoms with van der Waals surface area (Å²) in [6.45, 7) is 5.77. The van der Waals surface area contributed by atoms with Crippen molar-refractivity contribution in [3.8, 4) is 5.69 Å². The first kappa shape index (κ1) is 18.7. The first-order valence-corrected chi connectivity index (χ1v) is 10.6. The zero-order chi connectivity index (χ0) is 19.5. The molecule has 6 heteroatoms. The Kier molecular flexibility index (Phi) is 5.48. The van der Waals surface area contributed by atoms with Crippen molar-refractivity contribution in [2.45, 2.75) is 37.6 Å². The number of amides is 1. The molecule has 1 aliphatic heterocycles. The van der Waals surface area contributed by atoms with Gasteiger partial charge in [0.25, 0.3) is 5.91 Å². The second kappa shape index (κ2) is 8.19. The van der Waals surface area contributed by atoms with Gasteiger partial charge in [0.2, 0.25) is 0 Å². The van der Waals surface area contributed by atoms with Crippen LogP contribution in [0.25, 0.3) is 5.69 Å². The van der Waals surface area contributed by atoms with Crippen molar-refractivity contribution in [3.63, 3.8) is 0 Å². The monoisotopic (exact) mass is 392 g/mol. The number of carbonyl (C=O) groups excluding carboxylic acids is 1. The number of aromatic nitrogens is 3. The largest absolute Gasteiger partial charge is 0.339 e. The molecule has 1 aromatic heterocycles. The lowest BCUT2D eigenvalue weighted by Gasteiger charge is -2.17. The maximum absolute atomic E-state index is 12.9. The molecule has 0 bridgehead atoms. The van der Waals surface area contributed by atoms with Gasteiger partial charge in [0.15, 0.2) is 5.16 Å². The molecule has 1 fully saturated rings. The fourth-order valence-electron chi connectivity index (χ4n) is 3.59. The van der Waals surface area contributed by atoms with Crippen molar-refractivity contribution in [2.75, 3.05) is 13.1 Å². The molecule has 0 saturated carbocycles. The maximum Gasteiger partial charge on any atom is 0.254 e. The van der Waals surface area contributed by atoms with E-state index in [1.165, 1.54) is 5.56 Å². The van der Waals surface area contributed by atoms with Gasteiger partial charge in [0.05, 0.1) is 0 Å². The minimum atomic E-state index is 0.144. The molecule has 0 N–H and O–H groups in total. The van der Waals surface area contributed by atoms with Crippen molar-refractivity contribution in [3.05, 3.63) is 71.0 Å². The van der Waals surface area contributed by atoms with Crippen molar-refractivity contribution in [1.29, 1.82) is 0 Å². The summed E-state index contributed by atoms with van der Waals surface area (Å²) in [4.78, 5) is 14.9. The third-order valence-corrected chi connectivity index (χ3v) is 6.03. The molecule has 2 aromatic carbocycles. The number of benzene rings is 2. The van der Waals surface area contributed by atoms with Gasteiger partial charge in [0.1, 0.15) is 5.82 Å². The fourth-order valence-corrected chi connectivity index (χ4v) is 4.59. The summed E-state index contributed by atoms with van der Waals surface area (Å²) in [7, 11) is 0. The van der Waals surface area contributed by atoms with E-state index in [0.717, 1.165) is 53.7 Å². The average molecular weight is 393 g/mol. The number of likely N-dealkylation sites (tertiary alicyclic amines) is 1. The summed E-state index contributed by atoms with van der Waals surface area (Å²) in [6.07, 6.45) is 2.20. The van der Waals surface area contributed by atoms with Crippen LogP contribution in [-0.2, 0) is 5.75 Å². The molecule has 1 amide bonds. The molecule has 1 saturated heterocycles. The minimum absolute atomic E-state index is 0.144. The molecule has 144 valence electrons. The van der Waals surface area contributed by atoms with Gasteiger partial charge in [-0.2, -0.15) is 0 Å². The number of hydrogen-bond donors (Lipinski definition) is 0. The van der Waals surface area contributed by atoms with Gasteiger partial charge in [0, 0.05) is 30.1 Å². The van der Waals surface area contributed by atoms with E-state index in [4.69, 9.17) is 0 Å². The number of rotatable bonds is 5. The van der Waals surface area contributed by atoms with Crippen LogP contribution in [0.4, 0.5) is 0 Å².